The van der Waals surface area contributed by atoms with E-state index in [-0.39, 0.29) is 11.7 Å². The van der Waals surface area contributed by atoms with Crippen LogP contribution in [0.15, 0.2) is 78.2 Å². The quantitative estimate of drug-likeness (QED) is 0.412. The molecule has 1 N–H and O–H groups in total. The Morgan fingerprint density at radius 2 is 1.97 bits per heavy atom. The van der Waals surface area contributed by atoms with Gasteiger partial charge in [-0.1, -0.05) is 42.1 Å². The molecule has 162 valence electrons. The molecule has 7 nitrogen and oxygen atoms in total. The molecule has 0 aliphatic heterocycles. The Morgan fingerprint density at radius 1 is 1.09 bits per heavy atom. The molecular formula is C24H23N5O2S. The van der Waals surface area contributed by atoms with E-state index >= 15 is 0 Å². The minimum atomic E-state index is -0.0833. The van der Waals surface area contributed by atoms with Crippen LogP contribution in [0.5, 0.6) is 5.75 Å². The fourth-order valence-electron chi connectivity index (χ4n) is 3.24. The third-order valence-corrected chi connectivity index (χ3v) is 5.79. The number of benzene rings is 2. The van der Waals surface area contributed by atoms with Crippen LogP contribution >= 0.6 is 11.8 Å². The number of aromatic nitrogens is 4. The molecule has 1 amide bonds. The van der Waals surface area contributed by atoms with Crippen LogP contribution in [0.25, 0.3) is 17.1 Å². The number of carbonyl (C=O) groups is 1. The third kappa shape index (κ3) is 4.97. The number of nitrogens with one attached hydrogen (secondary N) is 1. The number of pyridine rings is 1. The predicted molar refractivity (Wildman–Crippen MR) is 125 cm³/mol. The summed E-state index contributed by atoms with van der Waals surface area (Å²) in [4.78, 5) is 16.7. The number of nitrogens with zero attached hydrogens (tertiary/aromatic N) is 4. The van der Waals surface area contributed by atoms with E-state index in [4.69, 9.17) is 4.74 Å². The topological polar surface area (TPSA) is 81.9 Å². The maximum atomic E-state index is 12.5. The van der Waals surface area contributed by atoms with E-state index in [1.807, 2.05) is 72.2 Å². The van der Waals surface area contributed by atoms with Crippen LogP contribution in [0.2, 0.25) is 0 Å². The average molecular weight is 446 g/mol. The summed E-state index contributed by atoms with van der Waals surface area (Å²) in [5, 5.41) is 12.4. The lowest BCUT2D eigenvalue weighted by atomic mass is 10.2. The predicted octanol–water partition coefficient (Wildman–Crippen LogP) is 4.05. The number of rotatable bonds is 8. The molecule has 0 saturated heterocycles. The van der Waals surface area contributed by atoms with E-state index in [2.05, 4.69) is 20.5 Å². The first kappa shape index (κ1) is 21.6. The summed E-state index contributed by atoms with van der Waals surface area (Å²) in [6.45, 7) is 2.47. The third-order valence-electron chi connectivity index (χ3n) is 4.87. The lowest BCUT2D eigenvalue weighted by Gasteiger charge is -2.12. The number of methoxy groups -OCH3 is 1. The number of ether oxygens (including phenoxy) is 1. The van der Waals surface area contributed by atoms with Gasteiger partial charge in [-0.2, -0.15) is 0 Å². The molecule has 8 heteroatoms. The molecule has 0 aliphatic rings. The van der Waals surface area contributed by atoms with Gasteiger partial charge < -0.3 is 10.1 Å². The summed E-state index contributed by atoms with van der Waals surface area (Å²) in [5.41, 5.74) is 3.89. The van der Waals surface area contributed by atoms with Crippen molar-refractivity contribution in [1.29, 1.82) is 0 Å². The smallest absolute Gasteiger partial charge is 0.230 e. The van der Waals surface area contributed by atoms with Crippen molar-refractivity contribution in [3.05, 3.63) is 84.2 Å². The molecule has 4 aromatic rings. The lowest BCUT2D eigenvalue weighted by molar-refractivity contribution is -0.118. The van der Waals surface area contributed by atoms with Crippen molar-refractivity contribution >= 4 is 17.7 Å². The first-order valence-electron chi connectivity index (χ1n) is 10.1. The maximum Gasteiger partial charge on any atom is 0.230 e. The number of carbonyl (C=O) groups excluding carboxylic acids is 1. The molecule has 0 saturated carbocycles. The van der Waals surface area contributed by atoms with Crippen LogP contribution in [0.1, 0.15) is 11.1 Å². The average Bonchev–Trinajstić information content (AvgIpc) is 3.26. The number of hydrogen-bond acceptors (Lipinski definition) is 6. The van der Waals surface area contributed by atoms with Crippen LogP contribution < -0.4 is 10.1 Å². The van der Waals surface area contributed by atoms with Crippen LogP contribution in [-0.4, -0.2) is 38.5 Å². The molecule has 32 heavy (non-hydrogen) atoms. The van der Waals surface area contributed by atoms with Crippen molar-refractivity contribution in [2.75, 3.05) is 12.9 Å². The van der Waals surface area contributed by atoms with Gasteiger partial charge in [0.2, 0.25) is 5.91 Å². The Bertz CT molecular complexity index is 1210. The second-order valence-electron chi connectivity index (χ2n) is 7.09. The lowest BCUT2D eigenvalue weighted by Crippen LogP contribution is -2.24. The summed E-state index contributed by atoms with van der Waals surface area (Å²) < 4.78 is 7.21. The summed E-state index contributed by atoms with van der Waals surface area (Å²) >= 11 is 1.35. The molecule has 0 aliphatic carbocycles. The van der Waals surface area contributed by atoms with Crippen molar-refractivity contribution in [1.82, 2.24) is 25.1 Å². The number of amides is 1. The molecular weight excluding hydrogens is 422 g/mol. The molecule has 0 spiro atoms. The standard InChI is InChI=1S/C24H23N5O2S/c1-17-7-3-4-11-21(17)29-23(19-9-6-12-25-15-19)27-28-24(29)32-16-22(30)26-14-18-8-5-10-20(13-18)31-2/h3-13,15H,14,16H2,1-2H3,(H,26,30). The van der Waals surface area contributed by atoms with Crippen LogP contribution in [0.3, 0.4) is 0 Å². The van der Waals surface area contributed by atoms with Crippen LogP contribution in [-0.2, 0) is 11.3 Å². The summed E-state index contributed by atoms with van der Waals surface area (Å²) in [5.74, 6) is 1.59. The molecule has 0 unspecified atom stereocenters. The molecule has 2 aromatic heterocycles. The van der Waals surface area contributed by atoms with Gasteiger partial charge in [0.15, 0.2) is 11.0 Å². The van der Waals surface area contributed by atoms with Crippen molar-refractivity contribution < 1.29 is 9.53 Å². The number of hydrogen-bond donors (Lipinski definition) is 1. The Hall–Kier alpha value is -3.65. The van der Waals surface area contributed by atoms with Crippen LogP contribution in [0, 0.1) is 6.92 Å². The van der Waals surface area contributed by atoms with Crippen molar-refractivity contribution in [3.8, 4) is 22.8 Å². The van der Waals surface area contributed by atoms with Gasteiger partial charge in [0.1, 0.15) is 5.75 Å². The molecule has 4 rings (SSSR count). The maximum absolute atomic E-state index is 12.5. The molecule has 2 heterocycles. The first-order valence-corrected chi connectivity index (χ1v) is 11.1. The van der Waals surface area contributed by atoms with E-state index in [1.54, 1.807) is 19.5 Å². The molecule has 0 fully saturated rings. The van der Waals surface area contributed by atoms with Gasteiger partial charge in [-0.05, 0) is 48.4 Å². The van der Waals surface area contributed by atoms with E-state index in [0.717, 1.165) is 28.1 Å². The zero-order valence-electron chi connectivity index (χ0n) is 17.9. The van der Waals surface area contributed by atoms with Crippen molar-refractivity contribution in [2.24, 2.45) is 0 Å². The monoisotopic (exact) mass is 445 g/mol. The summed E-state index contributed by atoms with van der Waals surface area (Å²) in [7, 11) is 1.62. The molecule has 0 atom stereocenters. The van der Waals surface area contributed by atoms with Crippen molar-refractivity contribution in [2.45, 2.75) is 18.6 Å². The number of aryl methyl sites for hydroxylation is 1. The van der Waals surface area contributed by atoms with E-state index in [0.29, 0.717) is 17.5 Å². The van der Waals surface area contributed by atoms with Gasteiger partial charge >= 0.3 is 0 Å². The normalized spacial score (nSPS) is 10.7. The van der Waals surface area contributed by atoms with E-state index in [9.17, 15) is 4.79 Å². The second-order valence-corrected chi connectivity index (χ2v) is 8.03. The number of para-hydroxylation sites is 1. The molecule has 0 bridgehead atoms. The van der Waals surface area contributed by atoms with Gasteiger partial charge in [0.25, 0.3) is 0 Å². The van der Waals surface area contributed by atoms with E-state index in [1.165, 1.54) is 11.8 Å². The first-order chi connectivity index (χ1) is 15.7. The van der Waals surface area contributed by atoms with Crippen molar-refractivity contribution in [3.63, 3.8) is 0 Å². The highest BCUT2D eigenvalue weighted by molar-refractivity contribution is 7.99. The zero-order valence-corrected chi connectivity index (χ0v) is 18.7. The van der Waals surface area contributed by atoms with Gasteiger partial charge in [0.05, 0.1) is 18.6 Å². The molecule has 2 aromatic carbocycles. The Balaban J connectivity index is 1.51. The van der Waals surface area contributed by atoms with E-state index < -0.39 is 0 Å². The minimum absolute atomic E-state index is 0.0833. The Kier molecular flexibility index (Phi) is 6.81. The second kappa shape index (κ2) is 10.1. The van der Waals surface area contributed by atoms with Gasteiger partial charge in [0, 0.05) is 24.5 Å². The molecule has 0 radical (unpaired) electrons. The Labute approximate surface area is 190 Å². The highest BCUT2D eigenvalue weighted by Crippen LogP contribution is 2.29. The number of thioether (sulfide) groups is 1. The zero-order chi connectivity index (χ0) is 22.3. The largest absolute Gasteiger partial charge is 0.497 e. The fourth-order valence-corrected chi connectivity index (χ4v) is 4.02. The summed E-state index contributed by atoms with van der Waals surface area (Å²) in [6, 6.07) is 19.5. The fraction of sp³-hybridized carbons (Fsp3) is 0.167. The van der Waals surface area contributed by atoms with Gasteiger partial charge in [-0.25, -0.2) is 0 Å². The minimum Gasteiger partial charge on any atom is -0.497 e. The van der Waals surface area contributed by atoms with Gasteiger partial charge in [-0.15, -0.1) is 10.2 Å². The highest BCUT2D eigenvalue weighted by atomic mass is 32.2. The van der Waals surface area contributed by atoms with Gasteiger partial charge in [-0.3, -0.25) is 14.3 Å². The highest BCUT2D eigenvalue weighted by Gasteiger charge is 2.18. The Morgan fingerprint density at radius 3 is 2.75 bits per heavy atom. The SMILES string of the molecule is COc1cccc(CNC(=O)CSc2nnc(-c3cccnc3)n2-c2ccccc2C)c1. The van der Waals surface area contributed by atoms with Crippen LogP contribution in [0.4, 0.5) is 0 Å². The summed E-state index contributed by atoms with van der Waals surface area (Å²) in [6.07, 6.45) is 3.48.